The number of benzene rings is 1. The summed E-state index contributed by atoms with van der Waals surface area (Å²) in [5, 5.41) is 43.5. The maximum atomic E-state index is 13.6. The average molecular weight is 466 g/mol. The molecule has 0 bridgehead atoms. The molecule has 1 aliphatic heterocycles. The van der Waals surface area contributed by atoms with Crippen LogP contribution in [0.5, 0.6) is 5.75 Å². The van der Waals surface area contributed by atoms with Crippen LogP contribution >= 0.6 is 0 Å². The number of amides is 1. The predicted molar refractivity (Wildman–Crippen MR) is 120 cm³/mol. The van der Waals surface area contributed by atoms with Gasteiger partial charge in [0.05, 0.1) is 5.56 Å². The fourth-order valence-electron chi connectivity index (χ4n) is 5.84. The van der Waals surface area contributed by atoms with E-state index in [1.807, 2.05) is 6.08 Å². The maximum absolute atomic E-state index is 13.6. The molecule has 9 heteroatoms. The summed E-state index contributed by atoms with van der Waals surface area (Å²) in [6.45, 7) is 2.01. The zero-order valence-electron chi connectivity index (χ0n) is 18.5. The van der Waals surface area contributed by atoms with Crippen LogP contribution in [0.4, 0.5) is 0 Å². The Morgan fingerprint density at radius 3 is 2.59 bits per heavy atom. The van der Waals surface area contributed by atoms with Gasteiger partial charge in [0.2, 0.25) is 5.78 Å². The van der Waals surface area contributed by atoms with Gasteiger partial charge in [0.15, 0.2) is 11.4 Å². The number of ketones is 2. The second kappa shape index (κ2) is 7.82. The first-order chi connectivity index (χ1) is 16.1. The van der Waals surface area contributed by atoms with Crippen LogP contribution in [0.25, 0.3) is 0 Å². The summed E-state index contributed by atoms with van der Waals surface area (Å²) in [6.07, 6.45) is 5.25. The highest BCUT2D eigenvalue weighted by atomic mass is 16.3. The molecule has 3 atom stereocenters. The van der Waals surface area contributed by atoms with Gasteiger partial charge in [-0.15, -0.1) is 0 Å². The molecule has 3 aliphatic carbocycles. The molecule has 1 aromatic carbocycles. The Bertz CT molecular complexity index is 1230. The molecule has 0 radical (unpaired) electrons. The Morgan fingerprint density at radius 1 is 1.15 bits per heavy atom. The molecule has 1 amide bonds. The van der Waals surface area contributed by atoms with Crippen molar-refractivity contribution in [3.63, 3.8) is 0 Å². The number of hydrogen-bond donors (Lipinski definition) is 5. The monoisotopic (exact) mass is 466 g/mol. The molecule has 0 saturated carbocycles. The Morgan fingerprint density at radius 2 is 1.91 bits per heavy atom. The molecule has 6 N–H and O–H groups in total. The molecule has 34 heavy (non-hydrogen) atoms. The van der Waals surface area contributed by atoms with E-state index in [2.05, 4.69) is 11.0 Å². The highest BCUT2D eigenvalue weighted by Gasteiger charge is 2.59. The number of aliphatic hydroxyl groups is 3. The number of aliphatic hydroxyl groups excluding tert-OH is 2. The van der Waals surface area contributed by atoms with Crippen molar-refractivity contribution in [3.8, 4) is 5.75 Å². The number of Topliss-reactive ketones (excluding diaryl/α,β-unsaturated/α-hetero) is 2. The summed E-state index contributed by atoms with van der Waals surface area (Å²) in [4.78, 5) is 40.4. The first kappa shape index (κ1) is 22.4. The Kier molecular flexibility index (Phi) is 5.14. The van der Waals surface area contributed by atoms with Crippen molar-refractivity contribution < 1.29 is 34.8 Å². The summed E-state index contributed by atoms with van der Waals surface area (Å²) in [5.74, 6) is -6.05. The smallest absolute Gasteiger partial charge is 0.255 e. The zero-order valence-corrected chi connectivity index (χ0v) is 18.5. The van der Waals surface area contributed by atoms with Crippen molar-refractivity contribution in [2.24, 2.45) is 17.6 Å². The minimum absolute atomic E-state index is 0.0571. The van der Waals surface area contributed by atoms with Crippen molar-refractivity contribution in [2.75, 3.05) is 13.1 Å². The normalized spacial score (nSPS) is 29.1. The molecule has 1 aromatic rings. The number of phenols is 1. The van der Waals surface area contributed by atoms with E-state index in [4.69, 9.17) is 5.73 Å². The van der Waals surface area contributed by atoms with E-state index in [0.717, 1.165) is 19.5 Å². The molecule has 178 valence electrons. The van der Waals surface area contributed by atoms with E-state index >= 15 is 0 Å². The van der Waals surface area contributed by atoms with Gasteiger partial charge in [-0.25, -0.2) is 0 Å². The van der Waals surface area contributed by atoms with Gasteiger partial charge in [0, 0.05) is 43.1 Å². The summed E-state index contributed by atoms with van der Waals surface area (Å²) in [7, 11) is 0. The molecule has 0 spiro atoms. The molecular formula is C25H26N2O7. The fourth-order valence-corrected chi connectivity index (χ4v) is 5.84. The van der Waals surface area contributed by atoms with Gasteiger partial charge in [-0.1, -0.05) is 24.3 Å². The highest BCUT2D eigenvalue weighted by Crippen LogP contribution is 2.51. The highest BCUT2D eigenvalue weighted by molar-refractivity contribution is 6.24. The van der Waals surface area contributed by atoms with Gasteiger partial charge < -0.3 is 26.2 Å². The van der Waals surface area contributed by atoms with E-state index < -0.39 is 52.0 Å². The van der Waals surface area contributed by atoms with Gasteiger partial charge in [-0.05, 0) is 30.7 Å². The van der Waals surface area contributed by atoms with Crippen molar-refractivity contribution in [1.82, 2.24) is 4.90 Å². The number of phenolic OH excluding ortho intramolecular Hbond substituents is 1. The number of carbonyl (C=O) groups excluding carboxylic acids is 3. The molecule has 1 heterocycles. The largest absolute Gasteiger partial charge is 0.511 e. The summed E-state index contributed by atoms with van der Waals surface area (Å²) >= 11 is 0. The minimum atomic E-state index is -2.54. The lowest BCUT2D eigenvalue weighted by molar-refractivity contribution is -0.144. The van der Waals surface area contributed by atoms with Crippen molar-refractivity contribution in [2.45, 2.75) is 37.8 Å². The van der Waals surface area contributed by atoms with Crippen LogP contribution in [-0.2, 0) is 22.6 Å². The quantitative estimate of drug-likeness (QED) is 0.329. The number of aromatic hydroxyl groups is 1. The third-order valence-corrected chi connectivity index (χ3v) is 7.55. The number of fused-ring (bicyclic) bond motifs is 3. The second-order valence-electron chi connectivity index (χ2n) is 9.51. The first-order valence-corrected chi connectivity index (χ1v) is 11.3. The predicted octanol–water partition coefficient (Wildman–Crippen LogP) is 1.34. The third-order valence-electron chi connectivity index (χ3n) is 7.55. The molecule has 9 nitrogen and oxygen atoms in total. The Labute approximate surface area is 195 Å². The SMILES string of the molecule is NC(=O)C1=C(O)C[C@@H]2C[C@@H]3Cc4ccc(CN5CC=CCC5)c(O)c4C(=O)C3=C(O)[C@]2(O)C1=O. The van der Waals surface area contributed by atoms with Gasteiger partial charge in [-0.3, -0.25) is 19.3 Å². The van der Waals surface area contributed by atoms with Crippen LogP contribution in [0.2, 0.25) is 0 Å². The number of primary amides is 1. The van der Waals surface area contributed by atoms with Gasteiger partial charge in [-0.2, -0.15) is 0 Å². The maximum Gasteiger partial charge on any atom is 0.255 e. The Balaban J connectivity index is 1.57. The van der Waals surface area contributed by atoms with Crippen LogP contribution in [-0.4, -0.2) is 61.5 Å². The lowest BCUT2D eigenvalue weighted by atomic mass is 9.60. The van der Waals surface area contributed by atoms with Crippen LogP contribution < -0.4 is 5.73 Å². The van der Waals surface area contributed by atoms with Crippen molar-refractivity contribution in [3.05, 3.63) is 63.6 Å². The number of hydrogen-bond acceptors (Lipinski definition) is 8. The molecular weight excluding hydrogens is 440 g/mol. The van der Waals surface area contributed by atoms with Crippen molar-refractivity contribution in [1.29, 1.82) is 0 Å². The van der Waals surface area contributed by atoms with Gasteiger partial charge in [0.25, 0.3) is 5.91 Å². The van der Waals surface area contributed by atoms with E-state index in [1.54, 1.807) is 12.1 Å². The van der Waals surface area contributed by atoms with Crippen LogP contribution in [0.15, 0.2) is 46.9 Å². The Hall–Kier alpha value is -3.43. The van der Waals surface area contributed by atoms with E-state index in [1.165, 1.54) is 0 Å². The molecule has 0 fully saturated rings. The molecule has 0 saturated heterocycles. The number of allylic oxidation sites excluding steroid dienone is 2. The second-order valence-corrected chi connectivity index (χ2v) is 9.51. The average Bonchev–Trinajstić information content (AvgIpc) is 2.78. The molecule has 0 aromatic heterocycles. The van der Waals surface area contributed by atoms with Gasteiger partial charge >= 0.3 is 0 Å². The third kappa shape index (κ3) is 3.11. The summed E-state index contributed by atoms with van der Waals surface area (Å²) in [5.41, 5.74) is 3.02. The number of nitrogens with zero attached hydrogens (tertiary/aromatic N) is 1. The number of nitrogens with two attached hydrogens (primary N) is 1. The first-order valence-electron chi connectivity index (χ1n) is 11.3. The molecule has 4 aliphatic rings. The van der Waals surface area contributed by atoms with Crippen molar-refractivity contribution >= 4 is 17.5 Å². The molecule has 5 rings (SSSR count). The van der Waals surface area contributed by atoms with E-state index in [0.29, 0.717) is 24.1 Å². The minimum Gasteiger partial charge on any atom is -0.511 e. The number of carbonyl (C=O) groups is 3. The van der Waals surface area contributed by atoms with Crippen LogP contribution in [0, 0.1) is 11.8 Å². The van der Waals surface area contributed by atoms with E-state index in [9.17, 15) is 34.8 Å². The lowest BCUT2D eigenvalue weighted by Gasteiger charge is -2.45. The number of rotatable bonds is 3. The zero-order chi connectivity index (χ0) is 24.4. The summed E-state index contributed by atoms with van der Waals surface area (Å²) < 4.78 is 0. The topological polar surface area (TPSA) is 161 Å². The van der Waals surface area contributed by atoms with E-state index in [-0.39, 0.29) is 29.7 Å². The molecule has 0 unspecified atom stereocenters. The standard InChI is InChI=1S/C25H26N2O7/c26-24(33)19-16(28)10-15-9-14-8-12-4-5-13(11-27-6-2-1-3-7-27)20(29)17(12)21(30)18(14)22(31)25(15,34)23(19)32/h1-2,4-5,14-15,28-29,31,34H,3,6-11H2,(H2,26,33)/t14-,15-,25-/m0/s1. The fraction of sp³-hybridized carbons (Fsp3) is 0.400. The van der Waals surface area contributed by atoms with Crippen LogP contribution in [0.3, 0.4) is 0 Å². The van der Waals surface area contributed by atoms with Gasteiger partial charge in [0.1, 0.15) is 22.8 Å². The lowest BCUT2D eigenvalue weighted by Crippen LogP contribution is -2.57. The van der Waals surface area contributed by atoms with Crippen LogP contribution in [0.1, 0.15) is 40.7 Å². The summed E-state index contributed by atoms with van der Waals surface area (Å²) in [6, 6.07) is 3.59.